The van der Waals surface area contributed by atoms with Crippen molar-refractivity contribution in [2.45, 2.75) is 26.4 Å². The minimum atomic E-state index is -3.22. The Morgan fingerprint density at radius 3 is 2.50 bits per heavy atom. The van der Waals surface area contributed by atoms with E-state index in [4.69, 9.17) is 0 Å². The van der Waals surface area contributed by atoms with Gasteiger partial charge in [-0.15, -0.1) is 0 Å². The van der Waals surface area contributed by atoms with Gasteiger partial charge in [-0.25, -0.2) is 4.98 Å². The molecule has 0 saturated carbocycles. The van der Waals surface area contributed by atoms with E-state index in [0.717, 1.165) is 37.3 Å². The van der Waals surface area contributed by atoms with Crippen molar-refractivity contribution in [2.75, 3.05) is 6.54 Å². The number of nitrogens with one attached hydrogen (secondary N) is 1. The largest absolute Gasteiger partial charge is 0.339 e. The van der Waals surface area contributed by atoms with Gasteiger partial charge in [0.15, 0.2) is 0 Å². The van der Waals surface area contributed by atoms with Crippen molar-refractivity contribution in [3.05, 3.63) is 63.3 Å². The summed E-state index contributed by atoms with van der Waals surface area (Å²) >= 11 is 13.8. The molecule has 0 atom stereocenters. The van der Waals surface area contributed by atoms with Crippen LogP contribution in [0.5, 0.6) is 0 Å². The number of fused-ring (bicyclic) bond motifs is 1. The predicted molar refractivity (Wildman–Crippen MR) is 99.0 cm³/mol. The van der Waals surface area contributed by atoms with Crippen LogP contribution in [0.15, 0.2) is 35.1 Å². The molecule has 0 radical (unpaired) electrons. The highest BCUT2D eigenvalue weighted by atomic mass is 36.0. The standard InChI is InChI=1S/C15H17N3O.Cl3OP/c1-11-16-14-10-18(8-7-13(14)15(19)17-11)9-12-5-3-2-4-6-12;1-5(2,3)4/h2-6H,7-10H2,1H3,(H,16,17,19);. The van der Waals surface area contributed by atoms with Crippen LogP contribution in [0.4, 0.5) is 0 Å². The molecule has 2 aromatic rings. The molecule has 0 saturated heterocycles. The number of hydrogen-bond acceptors (Lipinski definition) is 4. The van der Waals surface area contributed by atoms with E-state index in [0.29, 0.717) is 5.82 Å². The number of H-pyrrole nitrogens is 1. The topological polar surface area (TPSA) is 66.1 Å². The highest BCUT2D eigenvalue weighted by Crippen LogP contribution is 2.61. The van der Waals surface area contributed by atoms with Crippen LogP contribution in [0.1, 0.15) is 22.6 Å². The van der Waals surface area contributed by atoms with E-state index in [-0.39, 0.29) is 5.56 Å². The molecule has 1 aliphatic rings. The fourth-order valence-electron chi connectivity index (χ4n) is 2.59. The second kappa shape index (κ2) is 8.50. The van der Waals surface area contributed by atoms with E-state index in [9.17, 15) is 9.36 Å². The Morgan fingerprint density at radius 1 is 1.25 bits per heavy atom. The molecule has 1 N–H and O–H groups in total. The number of hydrogen-bond donors (Lipinski definition) is 1. The first-order valence-electron chi connectivity index (χ1n) is 7.26. The summed E-state index contributed by atoms with van der Waals surface area (Å²) in [5, 5.41) is -3.22. The van der Waals surface area contributed by atoms with Crippen molar-refractivity contribution in [1.82, 2.24) is 14.9 Å². The van der Waals surface area contributed by atoms with E-state index in [1.54, 1.807) is 0 Å². The fourth-order valence-corrected chi connectivity index (χ4v) is 2.59. The van der Waals surface area contributed by atoms with Crippen molar-refractivity contribution >= 4 is 38.9 Å². The quantitative estimate of drug-likeness (QED) is 0.746. The second-order valence-corrected chi connectivity index (χ2v) is 12.1. The Balaban J connectivity index is 0.000000368. The van der Waals surface area contributed by atoms with Gasteiger partial charge in [-0.1, -0.05) is 30.3 Å². The molecule has 0 bridgehead atoms. The normalized spacial score (nSPS) is 14.5. The Morgan fingerprint density at radius 2 is 1.88 bits per heavy atom. The van der Waals surface area contributed by atoms with Gasteiger partial charge in [-0.2, -0.15) is 0 Å². The van der Waals surface area contributed by atoms with Crippen LogP contribution >= 0.6 is 38.9 Å². The van der Waals surface area contributed by atoms with Crippen molar-refractivity contribution in [3.63, 3.8) is 0 Å². The SMILES string of the molecule is Cc1nc2c(c(=O)[nH]1)CCN(Cc1ccccc1)C2.O=P(Cl)(Cl)Cl. The summed E-state index contributed by atoms with van der Waals surface area (Å²) in [7, 11) is 0. The van der Waals surface area contributed by atoms with E-state index >= 15 is 0 Å². The molecule has 0 unspecified atom stereocenters. The lowest BCUT2D eigenvalue weighted by atomic mass is 10.1. The maximum atomic E-state index is 11.8. The maximum Gasteiger partial charge on any atom is 0.339 e. The van der Waals surface area contributed by atoms with Gasteiger partial charge >= 0.3 is 5.20 Å². The monoisotopic (exact) mass is 407 g/mol. The van der Waals surface area contributed by atoms with Crippen molar-refractivity contribution in [2.24, 2.45) is 0 Å². The molecular weight excluding hydrogens is 392 g/mol. The molecule has 0 amide bonds. The number of nitrogens with zero attached hydrogens (tertiary/aromatic N) is 2. The summed E-state index contributed by atoms with van der Waals surface area (Å²) < 4.78 is 9.51. The number of aromatic nitrogens is 2. The van der Waals surface area contributed by atoms with E-state index in [2.05, 4.69) is 72.9 Å². The Kier molecular flexibility index (Phi) is 6.90. The van der Waals surface area contributed by atoms with E-state index < -0.39 is 5.20 Å². The van der Waals surface area contributed by atoms with Crippen LogP contribution in [0, 0.1) is 6.92 Å². The summed E-state index contributed by atoms with van der Waals surface area (Å²) in [6, 6.07) is 10.4. The van der Waals surface area contributed by atoms with Gasteiger partial charge in [-0.3, -0.25) is 14.3 Å². The summed E-state index contributed by atoms with van der Waals surface area (Å²) in [6.45, 7) is 4.41. The first-order chi connectivity index (χ1) is 11.2. The van der Waals surface area contributed by atoms with Gasteiger partial charge in [0.05, 0.1) is 5.69 Å². The zero-order chi connectivity index (χ0) is 17.7. The first kappa shape index (κ1) is 19.5. The number of aryl methyl sites for hydroxylation is 1. The van der Waals surface area contributed by atoms with Crippen molar-refractivity contribution < 1.29 is 4.57 Å². The predicted octanol–water partition coefficient (Wildman–Crippen LogP) is 4.45. The maximum absolute atomic E-state index is 11.8. The number of aromatic amines is 1. The zero-order valence-electron chi connectivity index (χ0n) is 13.0. The molecule has 0 fully saturated rings. The first-order valence-corrected chi connectivity index (χ1v) is 11.7. The van der Waals surface area contributed by atoms with Gasteiger partial charge in [0.25, 0.3) is 5.56 Å². The minimum absolute atomic E-state index is 0.0295. The van der Waals surface area contributed by atoms with E-state index in [1.807, 2.05) is 13.0 Å². The molecule has 5 nitrogen and oxygen atoms in total. The molecule has 1 aromatic heterocycles. The number of rotatable bonds is 2. The molecule has 1 aliphatic heterocycles. The van der Waals surface area contributed by atoms with Gasteiger partial charge < -0.3 is 4.98 Å². The third-order valence-electron chi connectivity index (χ3n) is 3.52. The lowest BCUT2D eigenvalue weighted by Crippen LogP contribution is -2.35. The van der Waals surface area contributed by atoms with Crippen LogP contribution in [-0.2, 0) is 24.1 Å². The molecule has 0 aliphatic carbocycles. The average Bonchev–Trinajstić information content (AvgIpc) is 2.46. The van der Waals surface area contributed by atoms with Gasteiger partial charge in [0, 0.05) is 25.2 Å². The van der Waals surface area contributed by atoms with Crippen LogP contribution in [0.25, 0.3) is 0 Å². The van der Waals surface area contributed by atoms with Crippen molar-refractivity contribution in [3.8, 4) is 0 Å². The molecule has 0 spiro atoms. The highest BCUT2D eigenvalue weighted by molar-refractivity contribution is 8.24. The highest BCUT2D eigenvalue weighted by Gasteiger charge is 2.20. The molecule has 130 valence electrons. The fraction of sp³-hybridized carbons (Fsp3) is 0.333. The number of halogens is 3. The number of benzene rings is 1. The third kappa shape index (κ3) is 6.58. The third-order valence-corrected chi connectivity index (χ3v) is 3.52. The lowest BCUT2D eigenvalue weighted by Gasteiger charge is -2.27. The summed E-state index contributed by atoms with van der Waals surface area (Å²) in [5.74, 6) is 0.699. The van der Waals surface area contributed by atoms with Crippen LogP contribution in [-0.4, -0.2) is 21.4 Å². The zero-order valence-corrected chi connectivity index (χ0v) is 16.2. The Hall–Kier alpha value is -0.840. The molecule has 24 heavy (non-hydrogen) atoms. The Bertz CT molecular complexity index is 784. The van der Waals surface area contributed by atoms with Crippen molar-refractivity contribution in [1.29, 1.82) is 0 Å². The lowest BCUT2D eigenvalue weighted by molar-refractivity contribution is 0.240. The second-order valence-electron chi connectivity index (χ2n) is 5.42. The van der Waals surface area contributed by atoms with Crippen LogP contribution in [0.3, 0.4) is 0 Å². The molecule has 2 heterocycles. The smallest absolute Gasteiger partial charge is 0.311 e. The summed E-state index contributed by atoms with van der Waals surface area (Å²) in [4.78, 5) is 21.4. The molecular formula is C15H17Cl3N3O2P. The van der Waals surface area contributed by atoms with Crippen LogP contribution < -0.4 is 5.56 Å². The summed E-state index contributed by atoms with van der Waals surface area (Å²) in [5.41, 5.74) is 3.12. The average molecular weight is 409 g/mol. The van der Waals surface area contributed by atoms with Gasteiger partial charge in [0.2, 0.25) is 0 Å². The van der Waals surface area contributed by atoms with E-state index in [1.165, 1.54) is 5.56 Å². The van der Waals surface area contributed by atoms with Gasteiger partial charge in [0.1, 0.15) is 5.82 Å². The molecule has 1 aromatic carbocycles. The Labute approximate surface area is 154 Å². The van der Waals surface area contributed by atoms with Crippen LogP contribution in [0.2, 0.25) is 0 Å². The minimum Gasteiger partial charge on any atom is -0.311 e. The van der Waals surface area contributed by atoms with Gasteiger partial charge in [-0.05, 0) is 52.6 Å². The summed E-state index contributed by atoms with van der Waals surface area (Å²) in [6.07, 6.45) is 0.783. The molecule has 3 rings (SSSR count). The molecule has 9 heteroatoms.